The Morgan fingerprint density at radius 1 is 1.44 bits per heavy atom. The first-order chi connectivity index (χ1) is 8.67. The molecule has 0 aliphatic heterocycles. The van der Waals surface area contributed by atoms with Gasteiger partial charge in [0.2, 0.25) is 0 Å². The number of rotatable bonds is 4. The molecule has 1 aromatic heterocycles. The summed E-state index contributed by atoms with van der Waals surface area (Å²) in [4.78, 5) is 0. The molecular weight excluding hydrogens is 224 g/mol. The van der Waals surface area contributed by atoms with Gasteiger partial charge in [0.1, 0.15) is 0 Å². The van der Waals surface area contributed by atoms with Crippen molar-refractivity contribution in [3.8, 4) is 0 Å². The third kappa shape index (κ3) is 2.59. The number of aromatic nitrogens is 2. The predicted molar refractivity (Wildman–Crippen MR) is 73.7 cm³/mol. The summed E-state index contributed by atoms with van der Waals surface area (Å²) in [7, 11) is 1.99. The molecule has 4 heteroatoms. The predicted octanol–water partition coefficient (Wildman–Crippen LogP) is 2.45. The van der Waals surface area contributed by atoms with Gasteiger partial charge in [-0.1, -0.05) is 26.2 Å². The Labute approximate surface area is 110 Å². The van der Waals surface area contributed by atoms with Gasteiger partial charge in [-0.05, 0) is 31.6 Å². The lowest BCUT2D eigenvalue weighted by Crippen LogP contribution is -2.35. The first kappa shape index (κ1) is 13.6. The summed E-state index contributed by atoms with van der Waals surface area (Å²) in [6.07, 6.45) is 8.53. The van der Waals surface area contributed by atoms with Crippen molar-refractivity contribution in [3.05, 3.63) is 17.5 Å². The molecule has 1 saturated carbocycles. The highest BCUT2D eigenvalue weighted by Crippen LogP contribution is 2.38. The molecule has 0 spiro atoms. The third-order valence-corrected chi connectivity index (χ3v) is 4.73. The molecule has 1 heterocycles. The lowest BCUT2D eigenvalue weighted by Gasteiger charge is -2.33. The van der Waals surface area contributed by atoms with Crippen molar-refractivity contribution < 1.29 is 0 Å². The van der Waals surface area contributed by atoms with Crippen molar-refractivity contribution in [2.24, 2.45) is 24.7 Å². The molecule has 2 rings (SSSR count). The zero-order chi connectivity index (χ0) is 13.1. The Morgan fingerprint density at radius 3 is 2.56 bits per heavy atom. The van der Waals surface area contributed by atoms with Crippen molar-refractivity contribution in [2.75, 3.05) is 0 Å². The molecule has 0 radical (unpaired) electrons. The summed E-state index contributed by atoms with van der Waals surface area (Å²) in [6.45, 7) is 4.42. The number of aryl methyl sites for hydroxylation is 1. The van der Waals surface area contributed by atoms with Crippen LogP contribution in [0.25, 0.3) is 0 Å². The normalized spacial score (nSPS) is 26.2. The van der Waals surface area contributed by atoms with Crippen LogP contribution in [0.1, 0.15) is 56.3 Å². The van der Waals surface area contributed by atoms with E-state index in [0.717, 1.165) is 5.92 Å². The van der Waals surface area contributed by atoms with Gasteiger partial charge in [0.15, 0.2) is 0 Å². The summed E-state index contributed by atoms with van der Waals surface area (Å²) in [5.41, 5.74) is 5.50. The lowest BCUT2D eigenvalue weighted by molar-refractivity contribution is 0.219. The summed E-state index contributed by atoms with van der Waals surface area (Å²) < 4.78 is 1.93. The van der Waals surface area contributed by atoms with E-state index in [0.29, 0.717) is 5.92 Å². The van der Waals surface area contributed by atoms with E-state index in [4.69, 9.17) is 5.84 Å². The van der Waals surface area contributed by atoms with Crippen LogP contribution >= 0.6 is 0 Å². The number of hydrogen-bond donors (Lipinski definition) is 2. The number of hydrogen-bond acceptors (Lipinski definition) is 3. The molecule has 1 fully saturated rings. The number of nitrogens with two attached hydrogens (primary N) is 1. The fourth-order valence-corrected chi connectivity index (χ4v) is 3.23. The molecule has 0 amide bonds. The van der Waals surface area contributed by atoms with Gasteiger partial charge in [-0.2, -0.15) is 5.10 Å². The molecule has 1 aliphatic rings. The van der Waals surface area contributed by atoms with Gasteiger partial charge < -0.3 is 0 Å². The maximum absolute atomic E-state index is 5.79. The van der Waals surface area contributed by atoms with Crippen LogP contribution in [0.4, 0.5) is 0 Å². The van der Waals surface area contributed by atoms with Crippen LogP contribution in [0.3, 0.4) is 0 Å². The second-order valence-corrected chi connectivity index (χ2v) is 5.64. The second-order valence-electron chi connectivity index (χ2n) is 5.64. The fourth-order valence-electron chi connectivity index (χ4n) is 3.23. The molecule has 1 aliphatic carbocycles. The van der Waals surface area contributed by atoms with Crippen LogP contribution in [-0.2, 0) is 7.05 Å². The molecule has 0 saturated heterocycles. The number of nitrogens with zero attached hydrogens (tertiary/aromatic N) is 2. The Hall–Kier alpha value is -0.870. The highest BCUT2D eigenvalue weighted by Gasteiger charge is 2.29. The van der Waals surface area contributed by atoms with Crippen molar-refractivity contribution in [3.63, 3.8) is 0 Å². The number of hydrazine groups is 1. The molecular formula is C14H26N4. The summed E-state index contributed by atoms with van der Waals surface area (Å²) in [5.74, 6) is 7.37. The van der Waals surface area contributed by atoms with Crippen molar-refractivity contribution in [1.82, 2.24) is 15.2 Å². The molecule has 1 aromatic rings. The highest BCUT2D eigenvalue weighted by atomic mass is 15.3. The van der Waals surface area contributed by atoms with E-state index in [9.17, 15) is 0 Å². The quantitative estimate of drug-likeness (QED) is 0.637. The largest absolute Gasteiger partial charge is 0.273 e. The van der Waals surface area contributed by atoms with Crippen LogP contribution in [0.5, 0.6) is 0 Å². The van der Waals surface area contributed by atoms with E-state index in [2.05, 4.69) is 24.4 Å². The Balaban J connectivity index is 2.08. The van der Waals surface area contributed by atoms with Crippen LogP contribution < -0.4 is 11.3 Å². The minimum Gasteiger partial charge on any atom is -0.273 e. The maximum Gasteiger partial charge on any atom is 0.0540 e. The third-order valence-electron chi connectivity index (χ3n) is 4.73. The smallest absolute Gasteiger partial charge is 0.0540 e. The minimum atomic E-state index is 0.261. The molecule has 1 atom stereocenters. The van der Waals surface area contributed by atoms with Crippen LogP contribution in [0.2, 0.25) is 0 Å². The molecule has 102 valence electrons. The zero-order valence-electron chi connectivity index (χ0n) is 11.8. The zero-order valence-corrected chi connectivity index (χ0v) is 11.8. The van der Waals surface area contributed by atoms with E-state index >= 15 is 0 Å². The molecule has 0 aromatic carbocycles. The first-order valence-corrected chi connectivity index (χ1v) is 7.12. The van der Waals surface area contributed by atoms with Gasteiger partial charge >= 0.3 is 0 Å². The molecule has 18 heavy (non-hydrogen) atoms. The van der Waals surface area contributed by atoms with Crippen LogP contribution in [0, 0.1) is 18.8 Å². The molecule has 0 bridgehead atoms. The van der Waals surface area contributed by atoms with Crippen LogP contribution in [0.15, 0.2) is 6.20 Å². The van der Waals surface area contributed by atoms with Crippen molar-refractivity contribution >= 4 is 0 Å². The SMILES string of the molecule is CCC1CCC(C(NN)c2cnn(C)c2C)CC1. The van der Waals surface area contributed by atoms with Crippen LogP contribution in [-0.4, -0.2) is 9.78 Å². The maximum atomic E-state index is 5.79. The standard InChI is InChI=1S/C14H26N4/c1-4-11-5-7-12(8-6-11)14(17-15)13-9-16-18(3)10(13)2/h9,11-12,14,17H,4-8,15H2,1-3H3. The Morgan fingerprint density at radius 2 is 2.11 bits per heavy atom. The Kier molecular flexibility index (Phi) is 4.40. The van der Waals surface area contributed by atoms with Gasteiger partial charge in [-0.25, -0.2) is 0 Å². The fraction of sp³-hybridized carbons (Fsp3) is 0.786. The topological polar surface area (TPSA) is 55.9 Å². The lowest BCUT2D eigenvalue weighted by atomic mass is 9.76. The van der Waals surface area contributed by atoms with E-state index in [1.165, 1.54) is 43.4 Å². The second kappa shape index (κ2) is 5.85. The number of nitrogens with one attached hydrogen (secondary N) is 1. The van der Waals surface area contributed by atoms with Gasteiger partial charge in [-0.3, -0.25) is 16.0 Å². The molecule has 4 nitrogen and oxygen atoms in total. The summed E-state index contributed by atoms with van der Waals surface area (Å²) >= 11 is 0. The summed E-state index contributed by atoms with van der Waals surface area (Å²) in [5, 5.41) is 4.33. The first-order valence-electron chi connectivity index (χ1n) is 7.12. The minimum absolute atomic E-state index is 0.261. The highest BCUT2D eigenvalue weighted by molar-refractivity contribution is 5.21. The van der Waals surface area contributed by atoms with Gasteiger partial charge in [0.25, 0.3) is 0 Å². The average molecular weight is 250 g/mol. The van der Waals surface area contributed by atoms with Gasteiger partial charge in [0.05, 0.1) is 12.2 Å². The average Bonchev–Trinajstić information content (AvgIpc) is 2.73. The van der Waals surface area contributed by atoms with E-state index in [1.54, 1.807) is 0 Å². The molecule has 3 N–H and O–H groups in total. The monoisotopic (exact) mass is 250 g/mol. The molecule has 1 unspecified atom stereocenters. The van der Waals surface area contributed by atoms with Gasteiger partial charge in [-0.15, -0.1) is 0 Å². The Bertz CT molecular complexity index is 377. The van der Waals surface area contributed by atoms with E-state index < -0.39 is 0 Å². The summed E-state index contributed by atoms with van der Waals surface area (Å²) in [6, 6.07) is 0.261. The van der Waals surface area contributed by atoms with Crippen molar-refractivity contribution in [2.45, 2.75) is 52.0 Å². The van der Waals surface area contributed by atoms with E-state index in [1.807, 2.05) is 17.9 Å². The van der Waals surface area contributed by atoms with Crippen molar-refractivity contribution in [1.29, 1.82) is 0 Å². The van der Waals surface area contributed by atoms with Gasteiger partial charge in [0, 0.05) is 18.3 Å². The van der Waals surface area contributed by atoms with E-state index in [-0.39, 0.29) is 6.04 Å².